The molecule has 1 saturated heterocycles. The summed E-state index contributed by atoms with van der Waals surface area (Å²) in [5.41, 5.74) is 5.96. The van der Waals surface area contributed by atoms with Crippen LogP contribution >= 0.6 is 0 Å². The van der Waals surface area contributed by atoms with E-state index in [1.807, 2.05) is 0 Å². The van der Waals surface area contributed by atoms with Gasteiger partial charge in [0.2, 0.25) is 0 Å². The van der Waals surface area contributed by atoms with Gasteiger partial charge < -0.3 is 15.4 Å². The molecule has 0 amide bonds. The molecule has 0 aromatic rings. The predicted octanol–water partition coefficient (Wildman–Crippen LogP) is 1.86. The molecule has 17 heavy (non-hydrogen) atoms. The quantitative estimate of drug-likeness (QED) is 0.797. The molecule has 0 spiro atoms. The number of likely N-dealkylation sites (N-methyl/N-ethyl adjacent to an activating group) is 1. The van der Waals surface area contributed by atoms with Crippen LogP contribution in [0.5, 0.6) is 0 Å². The Bertz CT molecular complexity index is 210. The Hall–Kier alpha value is -0.120. The lowest BCUT2D eigenvalue weighted by molar-refractivity contribution is 0.121. The highest BCUT2D eigenvalue weighted by atomic mass is 16.5. The highest BCUT2D eigenvalue weighted by molar-refractivity contribution is 4.83. The van der Waals surface area contributed by atoms with E-state index in [-0.39, 0.29) is 0 Å². The molecule has 2 atom stereocenters. The number of hydrogen-bond acceptors (Lipinski definition) is 3. The number of nitrogens with two attached hydrogens (primary N) is 1. The Kier molecular flexibility index (Phi) is 5.26. The van der Waals surface area contributed by atoms with Crippen LogP contribution in [0.4, 0.5) is 0 Å². The van der Waals surface area contributed by atoms with E-state index in [9.17, 15) is 0 Å². The molecule has 3 nitrogen and oxygen atoms in total. The molecule has 0 bridgehead atoms. The fraction of sp³-hybridized carbons (Fsp3) is 1.00. The summed E-state index contributed by atoms with van der Waals surface area (Å²) in [6, 6.07) is 0.527. The second kappa shape index (κ2) is 6.72. The largest absolute Gasteiger partial charge is 0.381 e. The summed E-state index contributed by atoms with van der Waals surface area (Å²) in [5.74, 6) is 1.57. The molecule has 1 heterocycles. The standard InChI is InChI=1S/C14H28N2O/c1-16(10-12-5-3-2-4-6-12)14(9-15)13-7-8-17-11-13/h12-14H,2-11,15H2,1H3. The lowest BCUT2D eigenvalue weighted by Gasteiger charge is -2.35. The van der Waals surface area contributed by atoms with Crippen LogP contribution in [-0.2, 0) is 4.74 Å². The van der Waals surface area contributed by atoms with E-state index in [4.69, 9.17) is 10.5 Å². The van der Waals surface area contributed by atoms with E-state index in [1.165, 1.54) is 45.1 Å². The third-order valence-electron chi connectivity index (χ3n) is 4.59. The summed E-state index contributed by atoms with van der Waals surface area (Å²) >= 11 is 0. The van der Waals surface area contributed by atoms with Crippen molar-refractivity contribution in [3.8, 4) is 0 Å². The first-order valence-electron chi connectivity index (χ1n) is 7.29. The second-order valence-electron chi connectivity index (χ2n) is 5.87. The molecule has 3 heteroatoms. The fourth-order valence-electron chi connectivity index (χ4n) is 3.50. The smallest absolute Gasteiger partial charge is 0.0510 e. The molecule has 2 aliphatic rings. The fourth-order valence-corrected chi connectivity index (χ4v) is 3.50. The second-order valence-corrected chi connectivity index (χ2v) is 5.87. The van der Waals surface area contributed by atoms with Crippen LogP contribution in [0, 0.1) is 11.8 Å². The van der Waals surface area contributed by atoms with E-state index in [0.29, 0.717) is 12.0 Å². The van der Waals surface area contributed by atoms with Gasteiger partial charge in [0.15, 0.2) is 0 Å². The van der Waals surface area contributed by atoms with Crippen molar-refractivity contribution in [3.63, 3.8) is 0 Å². The molecular formula is C14H28N2O. The van der Waals surface area contributed by atoms with Crippen LogP contribution in [0.1, 0.15) is 38.5 Å². The molecule has 1 saturated carbocycles. The summed E-state index contributed by atoms with van der Waals surface area (Å²) in [7, 11) is 2.25. The number of hydrogen-bond donors (Lipinski definition) is 1. The van der Waals surface area contributed by atoms with Crippen molar-refractivity contribution < 1.29 is 4.74 Å². The van der Waals surface area contributed by atoms with Gasteiger partial charge in [0, 0.05) is 31.7 Å². The maximum absolute atomic E-state index is 5.96. The van der Waals surface area contributed by atoms with Gasteiger partial charge in [-0.15, -0.1) is 0 Å². The summed E-state index contributed by atoms with van der Waals surface area (Å²) in [5, 5.41) is 0. The Morgan fingerprint density at radius 1 is 1.24 bits per heavy atom. The molecule has 2 unspecified atom stereocenters. The first-order valence-corrected chi connectivity index (χ1v) is 7.29. The maximum atomic E-state index is 5.96. The van der Waals surface area contributed by atoms with Gasteiger partial charge in [0.25, 0.3) is 0 Å². The van der Waals surface area contributed by atoms with Crippen LogP contribution < -0.4 is 5.73 Å². The van der Waals surface area contributed by atoms with Gasteiger partial charge in [0.05, 0.1) is 6.61 Å². The van der Waals surface area contributed by atoms with Gasteiger partial charge in [-0.05, 0) is 32.2 Å². The summed E-state index contributed by atoms with van der Waals surface area (Å²) in [4.78, 5) is 2.51. The van der Waals surface area contributed by atoms with Gasteiger partial charge in [-0.2, -0.15) is 0 Å². The number of rotatable bonds is 5. The average molecular weight is 240 g/mol. The van der Waals surface area contributed by atoms with Crippen molar-refractivity contribution in [2.75, 3.05) is 33.4 Å². The van der Waals surface area contributed by atoms with Gasteiger partial charge in [-0.3, -0.25) is 0 Å². The van der Waals surface area contributed by atoms with Crippen LogP contribution in [0.15, 0.2) is 0 Å². The molecular weight excluding hydrogens is 212 g/mol. The molecule has 1 aliphatic carbocycles. The molecule has 1 aliphatic heterocycles. The van der Waals surface area contributed by atoms with Crippen LogP contribution in [0.25, 0.3) is 0 Å². The van der Waals surface area contributed by atoms with Gasteiger partial charge in [0.1, 0.15) is 0 Å². The van der Waals surface area contributed by atoms with E-state index in [1.54, 1.807) is 0 Å². The lowest BCUT2D eigenvalue weighted by Crippen LogP contribution is -2.45. The first kappa shape index (κ1) is 13.3. The maximum Gasteiger partial charge on any atom is 0.0510 e. The molecule has 2 fully saturated rings. The van der Waals surface area contributed by atoms with Crippen molar-refractivity contribution in [2.45, 2.75) is 44.6 Å². The molecule has 0 radical (unpaired) electrons. The Balaban J connectivity index is 1.80. The highest BCUT2D eigenvalue weighted by Crippen LogP contribution is 2.26. The van der Waals surface area contributed by atoms with Crippen molar-refractivity contribution in [2.24, 2.45) is 17.6 Å². The van der Waals surface area contributed by atoms with E-state index < -0.39 is 0 Å². The van der Waals surface area contributed by atoms with Crippen LogP contribution in [0.2, 0.25) is 0 Å². The van der Waals surface area contributed by atoms with E-state index in [0.717, 1.165) is 25.7 Å². The molecule has 2 rings (SSSR count). The zero-order valence-electron chi connectivity index (χ0n) is 11.2. The van der Waals surface area contributed by atoms with E-state index >= 15 is 0 Å². The van der Waals surface area contributed by atoms with Gasteiger partial charge in [-0.1, -0.05) is 19.3 Å². The van der Waals surface area contributed by atoms with Gasteiger partial charge in [-0.25, -0.2) is 0 Å². The minimum atomic E-state index is 0.527. The normalized spacial score (nSPS) is 28.8. The van der Waals surface area contributed by atoms with Gasteiger partial charge >= 0.3 is 0 Å². The van der Waals surface area contributed by atoms with E-state index in [2.05, 4.69) is 11.9 Å². The Morgan fingerprint density at radius 2 is 2.00 bits per heavy atom. The van der Waals surface area contributed by atoms with Crippen molar-refractivity contribution in [3.05, 3.63) is 0 Å². The summed E-state index contributed by atoms with van der Waals surface area (Å²) in [6.07, 6.45) is 8.33. The Labute approximate surface area is 106 Å². The van der Waals surface area contributed by atoms with Crippen LogP contribution in [-0.4, -0.2) is 44.3 Å². The zero-order valence-corrected chi connectivity index (χ0v) is 11.2. The van der Waals surface area contributed by atoms with Crippen molar-refractivity contribution in [1.82, 2.24) is 4.90 Å². The van der Waals surface area contributed by atoms with Crippen molar-refractivity contribution >= 4 is 0 Å². The third kappa shape index (κ3) is 3.67. The average Bonchev–Trinajstić information content (AvgIpc) is 2.85. The summed E-state index contributed by atoms with van der Waals surface area (Å²) in [6.45, 7) is 3.85. The Morgan fingerprint density at radius 3 is 2.59 bits per heavy atom. The zero-order chi connectivity index (χ0) is 12.1. The lowest BCUT2D eigenvalue weighted by atomic mass is 9.88. The first-order chi connectivity index (χ1) is 8.31. The molecule has 0 aromatic carbocycles. The number of ether oxygens (including phenoxy) is 1. The molecule has 2 N–H and O–H groups in total. The highest BCUT2D eigenvalue weighted by Gasteiger charge is 2.29. The third-order valence-corrected chi connectivity index (χ3v) is 4.59. The predicted molar refractivity (Wildman–Crippen MR) is 71.0 cm³/mol. The number of nitrogens with zero attached hydrogens (tertiary/aromatic N) is 1. The topological polar surface area (TPSA) is 38.5 Å². The SMILES string of the molecule is CN(CC1CCCCC1)C(CN)C1CCOC1. The monoisotopic (exact) mass is 240 g/mol. The summed E-state index contributed by atoms with van der Waals surface area (Å²) < 4.78 is 5.50. The minimum absolute atomic E-state index is 0.527. The molecule has 100 valence electrons. The van der Waals surface area contributed by atoms with Crippen LogP contribution in [0.3, 0.4) is 0 Å². The minimum Gasteiger partial charge on any atom is -0.381 e. The van der Waals surface area contributed by atoms with Crippen molar-refractivity contribution in [1.29, 1.82) is 0 Å². The molecule has 0 aromatic heterocycles.